The highest BCUT2D eigenvalue weighted by molar-refractivity contribution is 7.99. The van der Waals surface area contributed by atoms with E-state index in [4.69, 9.17) is 0 Å². The molecular weight excluding hydrogens is 280 g/mol. The smallest absolute Gasteiger partial charge is 0.220 e. The molecule has 19 heavy (non-hydrogen) atoms. The first kappa shape index (κ1) is 18.3. The number of carbonyl (C=O) groups excluding carboxylic acids is 1. The van der Waals surface area contributed by atoms with E-state index in [1.165, 1.54) is 10.5 Å². The zero-order valence-electron chi connectivity index (χ0n) is 11.6. The van der Waals surface area contributed by atoms with E-state index in [-0.39, 0.29) is 18.3 Å². The van der Waals surface area contributed by atoms with E-state index >= 15 is 0 Å². The first-order chi connectivity index (χ1) is 8.72. The Labute approximate surface area is 126 Å². The summed E-state index contributed by atoms with van der Waals surface area (Å²) in [6.07, 6.45) is 1.50. The summed E-state index contributed by atoms with van der Waals surface area (Å²) in [7, 11) is 1.90. The number of halogens is 1. The van der Waals surface area contributed by atoms with Gasteiger partial charge >= 0.3 is 0 Å². The summed E-state index contributed by atoms with van der Waals surface area (Å²) in [5.74, 6) is 1.07. The molecule has 5 heteroatoms. The molecule has 0 aliphatic heterocycles. The Morgan fingerprint density at radius 1 is 1.21 bits per heavy atom. The molecule has 0 fully saturated rings. The summed E-state index contributed by atoms with van der Waals surface area (Å²) in [5.41, 5.74) is 1.28. The van der Waals surface area contributed by atoms with Crippen molar-refractivity contribution in [3.63, 3.8) is 0 Å². The van der Waals surface area contributed by atoms with E-state index in [9.17, 15) is 4.79 Å². The highest BCUT2D eigenvalue weighted by Crippen LogP contribution is 2.17. The van der Waals surface area contributed by atoms with Gasteiger partial charge in [-0.3, -0.25) is 4.79 Å². The zero-order chi connectivity index (χ0) is 13.2. The normalized spacial score (nSPS) is 9.79. The highest BCUT2D eigenvalue weighted by atomic mass is 35.5. The van der Waals surface area contributed by atoms with Crippen LogP contribution in [0.5, 0.6) is 0 Å². The molecule has 0 saturated carbocycles. The third-order valence-corrected chi connectivity index (χ3v) is 3.56. The van der Waals surface area contributed by atoms with Crippen LogP contribution in [0.3, 0.4) is 0 Å². The van der Waals surface area contributed by atoms with Crippen LogP contribution in [0.2, 0.25) is 0 Å². The standard InChI is InChI=1S/C14H22N2OS.ClH/c1-12-5-7-13(8-6-12)18-11-10-16-14(17)4-3-9-15-2;/h5-8,15H,3-4,9-11H2,1-2H3,(H,16,17);1H. The number of benzene rings is 1. The lowest BCUT2D eigenvalue weighted by Crippen LogP contribution is -2.26. The van der Waals surface area contributed by atoms with Crippen LogP contribution >= 0.6 is 24.2 Å². The van der Waals surface area contributed by atoms with Crippen LogP contribution in [0, 0.1) is 6.92 Å². The summed E-state index contributed by atoms with van der Waals surface area (Å²) in [4.78, 5) is 12.7. The number of hydrogen-bond acceptors (Lipinski definition) is 3. The first-order valence-electron chi connectivity index (χ1n) is 6.33. The molecule has 0 atom stereocenters. The maximum Gasteiger partial charge on any atom is 0.220 e. The van der Waals surface area contributed by atoms with E-state index in [0.717, 1.165) is 25.3 Å². The Morgan fingerprint density at radius 3 is 2.53 bits per heavy atom. The molecule has 0 heterocycles. The summed E-state index contributed by atoms with van der Waals surface area (Å²) >= 11 is 1.77. The molecule has 0 spiro atoms. The van der Waals surface area contributed by atoms with Gasteiger partial charge in [-0.2, -0.15) is 0 Å². The van der Waals surface area contributed by atoms with Gasteiger partial charge in [0.25, 0.3) is 0 Å². The van der Waals surface area contributed by atoms with Crippen LogP contribution in [0.15, 0.2) is 29.2 Å². The lowest BCUT2D eigenvalue weighted by molar-refractivity contribution is -0.121. The summed E-state index contributed by atoms with van der Waals surface area (Å²) in [5, 5.41) is 5.97. The SMILES string of the molecule is CNCCCC(=O)NCCSc1ccc(C)cc1.Cl. The number of hydrogen-bond donors (Lipinski definition) is 2. The topological polar surface area (TPSA) is 41.1 Å². The second-order valence-electron chi connectivity index (χ2n) is 4.22. The van der Waals surface area contributed by atoms with Crippen molar-refractivity contribution in [2.75, 3.05) is 25.9 Å². The number of thioether (sulfide) groups is 1. The van der Waals surface area contributed by atoms with Gasteiger partial charge < -0.3 is 10.6 Å². The van der Waals surface area contributed by atoms with E-state index in [0.29, 0.717) is 6.42 Å². The lowest BCUT2D eigenvalue weighted by Gasteiger charge is -2.05. The van der Waals surface area contributed by atoms with E-state index in [1.54, 1.807) is 11.8 Å². The van der Waals surface area contributed by atoms with Crippen LogP contribution < -0.4 is 10.6 Å². The Balaban J connectivity index is 0.00000324. The van der Waals surface area contributed by atoms with Gasteiger partial charge in [-0.25, -0.2) is 0 Å². The first-order valence-corrected chi connectivity index (χ1v) is 7.31. The molecule has 0 aliphatic carbocycles. The average molecular weight is 303 g/mol. The molecule has 1 aromatic rings. The number of nitrogens with one attached hydrogen (secondary N) is 2. The average Bonchev–Trinajstić information content (AvgIpc) is 2.37. The number of aryl methyl sites for hydroxylation is 1. The molecule has 3 nitrogen and oxygen atoms in total. The van der Waals surface area contributed by atoms with Crippen LogP contribution in [-0.4, -0.2) is 31.8 Å². The Morgan fingerprint density at radius 2 is 1.89 bits per heavy atom. The lowest BCUT2D eigenvalue weighted by atomic mass is 10.2. The molecule has 0 unspecified atom stereocenters. The predicted molar refractivity (Wildman–Crippen MR) is 85.3 cm³/mol. The minimum absolute atomic E-state index is 0. The van der Waals surface area contributed by atoms with Gasteiger partial charge in [0.05, 0.1) is 0 Å². The van der Waals surface area contributed by atoms with Crippen molar-refractivity contribution in [3.8, 4) is 0 Å². The second kappa shape index (κ2) is 11.1. The maximum atomic E-state index is 11.4. The van der Waals surface area contributed by atoms with Gasteiger partial charge in [-0.15, -0.1) is 24.2 Å². The van der Waals surface area contributed by atoms with Gasteiger partial charge in [-0.1, -0.05) is 17.7 Å². The van der Waals surface area contributed by atoms with E-state index in [2.05, 4.69) is 41.8 Å². The van der Waals surface area contributed by atoms with Crippen LogP contribution in [0.4, 0.5) is 0 Å². The van der Waals surface area contributed by atoms with Crippen LogP contribution in [-0.2, 0) is 4.79 Å². The van der Waals surface area contributed by atoms with Crippen molar-refractivity contribution < 1.29 is 4.79 Å². The van der Waals surface area contributed by atoms with E-state index < -0.39 is 0 Å². The molecule has 1 amide bonds. The molecule has 0 saturated heterocycles. The van der Waals surface area contributed by atoms with Crippen molar-refractivity contribution in [3.05, 3.63) is 29.8 Å². The molecule has 0 aromatic heterocycles. The fourth-order valence-electron chi connectivity index (χ4n) is 1.51. The minimum Gasteiger partial charge on any atom is -0.355 e. The molecule has 0 bridgehead atoms. The Bertz CT molecular complexity index is 357. The van der Waals surface area contributed by atoms with Gasteiger partial charge in [0.15, 0.2) is 0 Å². The van der Waals surface area contributed by atoms with Crippen molar-refractivity contribution in [1.82, 2.24) is 10.6 Å². The third kappa shape index (κ3) is 8.92. The third-order valence-electron chi connectivity index (χ3n) is 2.54. The molecule has 1 rings (SSSR count). The number of rotatable bonds is 8. The van der Waals surface area contributed by atoms with Crippen LogP contribution in [0.1, 0.15) is 18.4 Å². The largest absolute Gasteiger partial charge is 0.355 e. The highest BCUT2D eigenvalue weighted by Gasteiger charge is 2.00. The molecule has 0 aliphatic rings. The van der Waals surface area contributed by atoms with Gasteiger partial charge in [-0.05, 0) is 39.1 Å². The summed E-state index contributed by atoms with van der Waals surface area (Å²) < 4.78 is 0. The number of carbonyl (C=O) groups is 1. The number of amides is 1. The van der Waals surface area contributed by atoms with Crippen molar-refractivity contribution in [2.45, 2.75) is 24.7 Å². The minimum atomic E-state index is 0. The monoisotopic (exact) mass is 302 g/mol. The molecule has 108 valence electrons. The van der Waals surface area contributed by atoms with Gasteiger partial charge in [0.2, 0.25) is 5.91 Å². The molecule has 1 aromatic carbocycles. The fourth-order valence-corrected chi connectivity index (χ4v) is 2.28. The Hall–Kier alpha value is -0.710. The van der Waals surface area contributed by atoms with Crippen molar-refractivity contribution in [2.24, 2.45) is 0 Å². The van der Waals surface area contributed by atoms with Gasteiger partial charge in [0, 0.05) is 23.6 Å². The Kier molecular flexibility index (Phi) is 10.7. The molecule has 0 radical (unpaired) electrons. The second-order valence-corrected chi connectivity index (χ2v) is 5.39. The molecular formula is C14H23ClN2OS. The summed E-state index contributed by atoms with van der Waals surface area (Å²) in [6.45, 7) is 3.71. The molecule has 2 N–H and O–H groups in total. The van der Waals surface area contributed by atoms with Crippen LogP contribution in [0.25, 0.3) is 0 Å². The van der Waals surface area contributed by atoms with Crippen molar-refractivity contribution in [1.29, 1.82) is 0 Å². The van der Waals surface area contributed by atoms with Crippen molar-refractivity contribution >= 4 is 30.1 Å². The summed E-state index contributed by atoms with van der Waals surface area (Å²) in [6, 6.07) is 8.46. The fraction of sp³-hybridized carbons (Fsp3) is 0.500. The predicted octanol–water partition coefficient (Wildman–Crippen LogP) is 2.62. The zero-order valence-corrected chi connectivity index (χ0v) is 13.2. The van der Waals surface area contributed by atoms with E-state index in [1.807, 2.05) is 7.05 Å². The maximum absolute atomic E-state index is 11.4. The van der Waals surface area contributed by atoms with Gasteiger partial charge in [0.1, 0.15) is 0 Å². The quantitative estimate of drug-likeness (QED) is 0.573.